The number of carbonyl (C=O) groups is 2. The maximum absolute atomic E-state index is 13.2. The smallest absolute Gasteiger partial charge is 0.274 e. The highest BCUT2D eigenvalue weighted by Gasteiger charge is 2.37. The number of benzene rings is 1. The van der Waals surface area contributed by atoms with Gasteiger partial charge in [0, 0.05) is 30.2 Å². The molecule has 2 aliphatic rings. The lowest BCUT2D eigenvalue weighted by Gasteiger charge is -2.38. The molecule has 2 N–H and O–H groups in total. The van der Waals surface area contributed by atoms with Crippen LogP contribution >= 0.6 is 0 Å². The van der Waals surface area contributed by atoms with Gasteiger partial charge >= 0.3 is 0 Å². The molecule has 142 valence electrons. The van der Waals surface area contributed by atoms with Crippen LogP contribution in [0.4, 0.5) is 0 Å². The van der Waals surface area contributed by atoms with E-state index in [0.29, 0.717) is 37.5 Å². The lowest BCUT2D eigenvalue weighted by molar-refractivity contribution is -0.148. The van der Waals surface area contributed by atoms with E-state index in [1.807, 2.05) is 25.7 Å². The van der Waals surface area contributed by atoms with E-state index in [0.717, 1.165) is 12.0 Å². The number of hydroxylamine groups is 1. The fraction of sp³-hybridized carbons (Fsp3) is 0.579. The Bertz CT molecular complexity index is 703. The van der Waals surface area contributed by atoms with Gasteiger partial charge in [-0.1, -0.05) is 6.07 Å². The maximum atomic E-state index is 13.2. The molecule has 2 aliphatic heterocycles. The van der Waals surface area contributed by atoms with Gasteiger partial charge in [-0.25, -0.2) is 5.48 Å². The number of ether oxygens (including phenoxy) is 2. The molecule has 2 heterocycles. The van der Waals surface area contributed by atoms with Crippen molar-refractivity contribution in [2.75, 3.05) is 13.2 Å². The summed E-state index contributed by atoms with van der Waals surface area (Å²) < 4.78 is 11.6. The van der Waals surface area contributed by atoms with Crippen LogP contribution in [0.5, 0.6) is 5.75 Å². The number of nitrogens with zero attached hydrogens (tertiary/aromatic N) is 1. The number of hydrogen-bond acceptors (Lipinski definition) is 5. The Morgan fingerprint density at radius 2 is 2.12 bits per heavy atom. The second kappa shape index (κ2) is 7.25. The molecule has 2 atom stereocenters. The first-order chi connectivity index (χ1) is 12.3. The summed E-state index contributed by atoms with van der Waals surface area (Å²) in [5.41, 5.74) is 2.50. The summed E-state index contributed by atoms with van der Waals surface area (Å²) in [4.78, 5) is 26.6. The van der Waals surface area contributed by atoms with Gasteiger partial charge in [0.15, 0.2) is 0 Å². The van der Waals surface area contributed by atoms with Crippen LogP contribution in [0.25, 0.3) is 0 Å². The van der Waals surface area contributed by atoms with Crippen molar-refractivity contribution >= 4 is 11.8 Å². The lowest BCUT2D eigenvalue weighted by atomic mass is 9.87. The first-order valence-electron chi connectivity index (χ1n) is 8.95. The van der Waals surface area contributed by atoms with Crippen LogP contribution in [0, 0.1) is 5.92 Å². The highest BCUT2D eigenvalue weighted by Crippen LogP contribution is 2.33. The van der Waals surface area contributed by atoms with Crippen LogP contribution in [0.2, 0.25) is 0 Å². The number of hydrogen-bond donors (Lipinski definition) is 2. The third-order valence-corrected chi connectivity index (χ3v) is 5.11. The summed E-state index contributed by atoms with van der Waals surface area (Å²) in [6, 6.07) is 4.91. The van der Waals surface area contributed by atoms with Crippen molar-refractivity contribution in [2.24, 2.45) is 5.92 Å². The number of carbonyl (C=O) groups excluding carboxylic acids is 2. The fourth-order valence-electron chi connectivity index (χ4n) is 3.64. The van der Waals surface area contributed by atoms with Crippen LogP contribution < -0.4 is 10.2 Å². The SMILES string of the molecule is C[C@H]1COc2cc(C(=O)NO)ccc2CN1C(=O)[C@@H]1CCOC(C)(C)C1. The van der Waals surface area contributed by atoms with Crippen LogP contribution in [-0.4, -0.2) is 46.8 Å². The summed E-state index contributed by atoms with van der Waals surface area (Å²) in [7, 11) is 0. The van der Waals surface area contributed by atoms with Gasteiger partial charge in [0.1, 0.15) is 12.4 Å². The van der Waals surface area contributed by atoms with Gasteiger partial charge in [-0.15, -0.1) is 0 Å². The predicted octanol–water partition coefficient (Wildman–Crippen LogP) is 2.12. The third kappa shape index (κ3) is 3.83. The van der Waals surface area contributed by atoms with E-state index in [4.69, 9.17) is 14.7 Å². The van der Waals surface area contributed by atoms with Gasteiger partial charge in [0.05, 0.1) is 11.6 Å². The molecule has 0 bridgehead atoms. The Morgan fingerprint density at radius 1 is 1.35 bits per heavy atom. The van der Waals surface area contributed by atoms with E-state index in [9.17, 15) is 9.59 Å². The van der Waals surface area contributed by atoms with E-state index in [1.165, 1.54) is 0 Å². The zero-order chi connectivity index (χ0) is 18.9. The molecular weight excluding hydrogens is 336 g/mol. The van der Waals surface area contributed by atoms with Crippen LogP contribution in [-0.2, 0) is 16.1 Å². The normalized spacial score (nSPS) is 24.8. The molecule has 1 aromatic rings. The second-order valence-corrected chi connectivity index (χ2v) is 7.69. The molecule has 0 aromatic heterocycles. The minimum Gasteiger partial charge on any atom is -0.491 e. The molecule has 3 rings (SSSR count). The summed E-state index contributed by atoms with van der Waals surface area (Å²) in [5, 5.41) is 8.79. The van der Waals surface area contributed by atoms with Crippen LogP contribution in [0.1, 0.15) is 49.5 Å². The van der Waals surface area contributed by atoms with Crippen molar-refractivity contribution in [3.8, 4) is 5.75 Å². The summed E-state index contributed by atoms with van der Waals surface area (Å²) in [6.07, 6.45) is 1.44. The Balaban J connectivity index is 1.81. The molecule has 1 fully saturated rings. The van der Waals surface area contributed by atoms with E-state index >= 15 is 0 Å². The average Bonchev–Trinajstić information content (AvgIpc) is 2.78. The predicted molar refractivity (Wildman–Crippen MR) is 94.0 cm³/mol. The van der Waals surface area contributed by atoms with Gasteiger partial charge in [-0.05, 0) is 45.7 Å². The standard InChI is InChI=1S/C19H26N2O5/c1-12-11-25-16-8-13(17(22)20-24)4-5-15(16)10-21(12)18(23)14-6-7-26-19(2,3)9-14/h4-5,8,12,14,24H,6-7,9-11H2,1-3H3,(H,20,22)/t12-,14+/m0/s1. The number of nitrogens with one attached hydrogen (secondary N) is 1. The molecule has 1 saturated heterocycles. The Kier molecular flexibility index (Phi) is 5.20. The molecule has 0 saturated carbocycles. The quantitative estimate of drug-likeness (QED) is 0.621. The lowest BCUT2D eigenvalue weighted by Crippen LogP contribution is -2.47. The van der Waals surface area contributed by atoms with E-state index in [-0.39, 0.29) is 23.5 Å². The second-order valence-electron chi connectivity index (χ2n) is 7.69. The molecule has 0 spiro atoms. The zero-order valence-electron chi connectivity index (χ0n) is 15.4. The zero-order valence-corrected chi connectivity index (χ0v) is 15.4. The number of amides is 2. The fourth-order valence-corrected chi connectivity index (χ4v) is 3.64. The van der Waals surface area contributed by atoms with E-state index in [1.54, 1.807) is 23.7 Å². The number of fused-ring (bicyclic) bond motifs is 1. The minimum absolute atomic E-state index is 0.0535. The molecule has 0 unspecified atom stereocenters. The Labute approximate surface area is 153 Å². The average molecular weight is 362 g/mol. The van der Waals surface area contributed by atoms with Gasteiger partial charge < -0.3 is 14.4 Å². The van der Waals surface area contributed by atoms with E-state index in [2.05, 4.69) is 0 Å². The molecule has 1 aromatic carbocycles. The highest BCUT2D eigenvalue weighted by atomic mass is 16.5. The first-order valence-corrected chi connectivity index (χ1v) is 8.95. The largest absolute Gasteiger partial charge is 0.491 e. The van der Waals surface area contributed by atoms with Crippen LogP contribution in [0.15, 0.2) is 18.2 Å². The molecule has 7 nitrogen and oxygen atoms in total. The summed E-state index contributed by atoms with van der Waals surface area (Å²) in [6.45, 7) is 7.40. The summed E-state index contributed by atoms with van der Waals surface area (Å²) in [5.74, 6) is 0.0521. The highest BCUT2D eigenvalue weighted by molar-refractivity contribution is 5.93. The molecule has 7 heteroatoms. The molecule has 0 aliphatic carbocycles. The topological polar surface area (TPSA) is 88.1 Å². The monoisotopic (exact) mass is 362 g/mol. The third-order valence-electron chi connectivity index (χ3n) is 5.11. The first kappa shape index (κ1) is 18.7. The maximum Gasteiger partial charge on any atom is 0.274 e. The minimum atomic E-state index is -0.592. The van der Waals surface area contributed by atoms with Gasteiger partial charge in [-0.2, -0.15) is 0 Å². The van der Waals surface area contributed by atoms with Crippen molar-refractivity contribution in [1.82, 2.24) is 10.4 Å². The molecule has 0 radical (unpaired) electrons. The molecule has 2 amide bonds. The number of rotatable bonds is 2. The molecular formula is C19H26N2O5. The Morgan fingerprint density at radius 3 is 2.81 bits per heavy atom. The van der Waals surface area contributed by atoms with Crippen molar-refractivity contribution < 1.29 is 24.3 Å². The van der Waals surface area contributed by atoms with Crippen LogP contribution in [0.3, 0.4) is 0 Å². The Hall–Kier alpha value is -2.12. The summed E-state index contributed by atoms with van der Waals surface area (Å²) >= 11 is 0. The van der Waals surface area contributed by atoms with Crippen molar-refractivity contribution in [1.29, 1.82) is 0 Å². The van der Waals surface area contributed by atoms with Gasteiger partial charge in [0.2, 0.25) is 5.91 Å². The van der Waals surface area contributed by atoms with Crippen molar-refractivity contribution in [3.05, 3.63) is 29.3 Å². The van der Waals surface area contributed by atoms with E-state index < -0.39 is 5.91 Å². The van der Waals surface area contributed by atoms with Gasteiger partial charge in [0.25, 0.3) is 5.91 Å². The van der Waals surface area contributed by atoms with Crippen molar-refractivity contribution in [2.45, 2.75) is 51.8 Å². The van der Waals surface area contributed by atoms with Crippen molar-refractivity contribution in [3.63, 3.8) is 0 Å². The molecule has 26 heavy (non-hydrogen) atoms. The van der Waals surface area contributed by atoms with Gasteiger partial charge in [-0.3, -0.25) is 14.8 Å².